The Hall–Kier alpha value is -0.920. The second-order valence-corrected chi connectivity index (χ2v) is 2.74. The summed E-state index contributed by atoms with van der Waals surface area (Å²) >= 11 is 5.30. The van der Waals surface area contributed by atoms with Crippen molar-refractivity contribution in [1.82, 2.24) is 10.3 Å². The van der Waals surface area contributed by atoms with Gasteiger partial charge in [-0.3, -0.25) is 0 Å². The molecule has 0 aliphatic carbocycles. The van der Waals surface area contributed by atoms with Crippen LogP contribution in [-0.2, 0) is 0 Å². The van der Waals surface area contributed by atoms with Crippen molar-refractivity contribution in [3.05, 3.63) is 4.91 Å². The Kier molecular flexibility index (Phi) is 6.99. The molecule has 0 aromatic rings. The van der Waals surface area contributed by atoms with Crippen molar-refractivity contribution in [2.45, 2.75) is 6.04 Å². The van der Waals surface area contributed by atoms with E-state index in [1.54, 1.807) is 0 Å². The molecule has 0 aromatic carbocycles. The number of rotatable bonds is 6. The standard InChI is InChI=1S/C6H12ClN3O4/c7-1-2-8-6(13)10(9-14)5(3-11)4-12/h5,11-12H,1-4H2,(H,8,13). The molecular formula is C6H12ClN3O4. The summed E-state index contributed by atoms with van der Waals surface area (Å²) in [7, 11) is 0. The topological polar surface area (TPSA) is 102 Å². The molecule has 0 saturated heterocycles. The number of nitroso groups, excluding NO2 is 1. The maximum Gasteiger partial charge on any atom is 0.340 e. The highest BCUT2D eigenvalue weighted by Crippen LogP contribution is 1.99. The number of carbonyl (C=O) groups is 1. The van der Waals surface area contributed by atoms with Gasteiger partial charge in [0.25, 0.3) is 0 Å². The minimum absolute atomic E-state index is 0.177. The molecule has 0 aliphatic rings. The molecule has 0 atom stereocenters. The summed E-state index contributed by atoms with van der Waals surface area (Å²) in [6.45, 7) is -0.914. The van der Waals surface area contributed by atoms with E-state index in [1.807, 2.05) is 0 Å². The molecule has 0 heterocycles. The van der Waals surface area contributed by atoms with Gasteiger partial charge < -0.3 is 15.5 Å². The highest BCUT2D eigenvalue weighted by Gasteiger charge is 2.23. The second kappa shape index (κ2) is 7.48. The fourth-order valence-electron chi connectivity index (χ4n) is 0.717. The highest BCUT2D eigenvalue weighted by molar-refractivity contribution is 6.18. The Bertz CT molecular complexity index is 188. The van der Waals surface area contributed by atoms with Crippen molar-refractivity contribution < 1.29 is 15.0 Å². The Labute approximate surface area is 85.6 Å². The maximum absolute atomic E-state index is 11.1. The van der Waals surface area contributed by atoms with Crippen molar-refractivity contribution in [2.75, 3.05) is 25.6 Å². The van der Waals surface area contributed by atoms with Crippen LogP contribution in [-0.4, -0.2) is 52.9 Å². The molecule has 0 radical (unpaired) electrons. The van der Waals surface area contributed by atoms with Crippen LogP contribution in [0.5, 0.6) is 0 Å². The second-order valence-electron chi connectivity index (χ2n) is 2.37. The van der Waals surface area contributed by atoms with Crippen LogP contribution in [0.3, 0.4) is 0 Å². The van der Waals surface area contributed by atoms with Gasteiger partial charge in [0.1, 0.15) is 6.04 Å². The lowest BCUT2D eigenvalue weighted by Crippen LogP contribution is -2.46. The van der Waals surface area contributed by atoms with E-state index in [-0.39, 0.29) is 12.4 Å². The van der Waals surface area contributed by atoms with Crippen molar-refractivity contribution in [1.29, 1.82) is 0 Å². The van der Waals surface area contributed by atoms with E-state index in [0.717, 1.165) is 0 Å². The Morgan fingerprint density at radius 3 is 2.43 bits per heavy atom. The lowest BCUT2D eigenvalue weighted by atomic mass is 10.3. The largest absolute Gasteiger partial charge is 0.394 e. The van der Waals surface area contributed by atoms with Gasteiger partial charge in [-0.1, -0.05) is 0 Å². The molecule has 8 heteroatoms. The summed E-state index contributed by atoms with van der Waals surface area (Å²) in [5.74, 6) is 0.196. The highest BCUT2D eigenvalue weighted by atomic mass is 35.5. The number of halogens is 1. The summed E-state index contributed by atoms with van der Waals surface area (Å²) in [6.07, 6.45) is 0. The van der Waals surface area contributed by atoms with Gasteiger partial charge in [-0.15, -0.1) is 16.5 Å². The number of nitrogens with zero attached hydrogens (tertiary/aromatic N) is 2. The van der Waals surface area contributed by atoms with Crippen LogP contribution < -0.4 is 5.32 Å². The Morgan fingerprint density at radius 1 is 1.50 bits per heavy atom. The van der Waals surface area contributed by atoms with Gasteiger partial charge in [0.2, 0.25) is 0 Å². The summed E-state index contributed by atoms with van der Waals surface area (Å²) < 4.78 is 0. The van der Waals surface area contributed by atoms with E-state index >= 15 is 0 Å². The van der Waals surface area contributed by atoms with Gasteiger partial charge in [0.05, 0.1) is 18.5 Å². The third-order valence-corrected chi connectivity index (χ3v) is 1.62. The monoisotopic (exact) mass is 225 g/mol. The van der Waals surface area contributed by atoms with Crippen LogP contribution in [0, 0.1) is 4.91 Å². The normalized spacial score (nSPS) is 10.0. The first-order valence-corrected chi connectivity index (χ1v) is 4.42. The number of hydrogen-bond acceptors (Lipinski definition) is 5. The predicted octanol–water partition coefficient (Wildman–Crippen LogP) is -0.729. The number of amides is 2. The molecule has 3 N–H and O–H groups in total. The number of carbonyl (C=O) groups excluding carboxylic acids is 1. The lowest BCUT2D eigenvalue weighted by molar-refractivity contribution is 0.0915. The summed E-state index contributed by atoms with van der Waals surface area (Å²) in [4.78, 5) is 21.4. The predicted molar refractivity (Wildman–Crippen MR) is 49.7 cm³/mol. The zero-order valence-electron chi connectivity index (χ0n) is 7.39. The van der Waals surface area contributed by atoms with Crippen molar-refractivity contribution in [3.8, 4) is 0 Å². The molecule has 0 bridgehead atoms. The number of hydrogen-bond donors (Lipinski definition) is 3. The van der Waals surface area contributed by atoms with Gasteiger partial charge in [-0.25, -0.2) is 4.79 Å². The molecule has 0 aromatic heterocycles. The van der Waals surface area contributed by atoms with Crippen molar-refractivity contribution in [3.63, 3.8) is 0 Å². The first-order valence-electron chi connectivity index (χ1n) is 3.89. The quantitative estimate of drug-likeness (QED) is 0.315. The van der Waals surface area contributed by atoms with E-state index < -0.39 is 25.3 Å². The fourth-order valence-corrected chi connectivity index (χ4v) is 0.812. The van der Waals surface area contributed by atoms with Gasteiger partial charge in [-0.2, -0.15) is 5.01 Å². The summed E-state index contributed by atoms with van der Waals surface area (Å²) in [5, 5.41) is 22.5. The molecule has 82 valence electrons. The molecule has 0 rings (SSSR count). The number of aliphatic hydroxyl groups excluding tert-OH is 2. The Morgan fingerprint density at radius 2 is 2.07 bits per heavy atom. The average molecular weight is 226 g/mol. The van der Waals surface area contributed by atoms with Gasteiger partial charge >= 0.3 is 6.03 Å². The number of alkyl halides is 1. The molecule has 0 aliphatic heterocycles. The SMILES string of the molecule is O=NN(C(=O)NCCCl)C(CO)CO. The minimum atomic E-state index is -1.03. The lowest BCUT2D eigenvalue weighted by Gasteiger charge is -2.20. The summed E-state index contributed by atoms with van der Waals surface area (Å²) in [5.41, 5.74) is 0. The van der Waals surface area contributed by atoms with E-state index in [2.05, 4.69) is 10.6 Å². The molecular weight excluding hydrogens is 214 g/mol. The number of urea groups is 1. The zero-order valence-corrected chi connectivity index (χ0v) is 8.15. The third-order valence-electron chi connectivity index (χ3n) is 1.43. The van der Waals surface area contributed by atoms with Crippen molar-refractivity contribution >= 4 is 17.6 Å². The van der Waals surface area contributed by atoms with Crippen LogP contribution in [0.4, 0.5) is 4.79 Å². The van der Waals surface area contributed by atoms with Crippen LogP contribution in [0.25, 0.3) is 0 Å². The van der Waals surface area contributed by atoms with Gasteiger partial charge in [0, 0.05) is 12.4 Å². The van der Waals surface area contributed by atoms with Crippen LogP contribution in [0.2, 0.25) is 0 Å². The molecule has 2 amide bonds. The minimum Gasteiger partial charge on any atom is -0.394 e. The summed E-state index contributed by atoms with van der Waals surface area (Å²) in [6, 6.07) is -1.82. The maximum atomic E-state index is 11.1. The smallest absolute Gasteiger partial charge is 0.340 e. The Balaban J connectivity index is 4.22. The molecule has 0 unspecified atom stereocenters. The third kappa shape index (κ3) is 3.86. The van der Waals surface area contributed by atoms with Gasteiger partial charge in [0.15, 0.2) is 0 Å². The van der Waals surface area contributed by atoms with Crippen LogP contribution >= 0.6 is 11.6 Å². The first kappa shape index (κ1) is 13.1. The van der Waals surface area contributed by atoms with E-state index in [9.17, 15) is 9.70 Å². The van der Waals surface area contributed by atoms with Gasteiger partial charge in [-0.05, 0) is 0 Å². The number of nitrogens with one attached hydrogen (secondary N) is 1. The number of aliphatic hydroxyl groups is 2. The van der Waals surface area contributed by atoms with E-state index in [1.165, 1.54) is 0 Å². The molecule has 0 fully saturated rings. The van der Waals surface area contributed by atoms with Crippen LogP contribution in [0.1, 0.15) is 0 Å². The molecule has 0 saturated carbocycles. The average Bonchev–Trinajstić information content (AvgIpc) is 2.22. The van der Waals surface area contributed by atoms with E-state index in [0.29, 0.717) is 5.01 Å². The van der Waals surface area contributed by atoms with Crippen molar-refractivity contribution in [2.24, 2.45) is 5.29 Å². The molecule has 7 nitrogen and oxygen atoms in total. The zero-order chi connectivity index (χ0) is 11.0. The molecule has 0 spiro atoms. The van der Waals surface area contributed by atoms with E-state index in [4.69, 9.17) is 21.8 Å². The fraction of sp³-hybridized carbons (Fsp3) is 0.833. The first-order chi connectivity index (χ1) is 6.71. The van der Waals surface area contributed by atoms with Crippen LogP contribution in [0.15, 0.2) is 5.29 Å². The molecule has 14 heavy (non-hydrogen) atoms.